The van der Waals surface area contributed by atoms with E-state index in [0.717, 1.165) is 11.0 Å². The molecule has 1 aliphatic heterocycles. The Kier molecular flexibility index (Phi) is 1.96. The molecule has 0 unspecified atom stereocenters. The van der Waals surface area contributed by atoms with Gasteiger partial charge in [0.1, 0.15) is 5.75 Å². The Morgan fingerprint density at radius 1 is 1.36 bits per heavy atom. The third-order valence-electron chi connectivity index (χ3n) is 1.94. The molecule has 0 aromatic heterocycles. The fourth-order valence-corrected chi connectivity index (χ4v) is 2.14. The summed E-state index contributed by atoms with van der Waals surface area (Å²) in [6, 6.07) is 5.16. The van der Waals surface area contributed by atoms with Gasteiger partial charge in [0.05, 0.1) is 18.2 Å². The lowest BCUT2D eigenvalue weighted by atomic mass is 10.2. The second-order valence-electron chi connectivity index (χ2n) is 2.90. The molecule has 1 N–H and O–H groups in total. The normalized spacial score (nSPS) is 16.9. The zero-order chi connectivity index (χ0) is 10.2. The lowest BCUT2D eigenvalue weighted by molar-refractivity contribution is 0.415. The lowest BCUT2D eigenvalue weighted by Crippen LogP contribution is -2.12. The van der Waals surface area contributed by atoms with Gasteiger partial charge in [0.25, 0.3) is 10.0 Å². The van der Waals surface area contributed by atoms with Gasteiger partial charge in [0.15, 0.2) is 0 Å². The van der Waals surface area contributed by atoms with E-state index in [0.29, 0.717) is 11.4 Å². The standard InChI is InChI=1S/C9H9NO3S/c1-13-8-2-3-9-7(6-8)4-5-14(11,12)10-9/h2-6,10H,1H3. The predicted octanol–water partition coefficient (Wildman–Crippen LogP) is 1.42. The number of ether oxygens (including phenoxy) is 1. The second kappa shape index (κ2) is 3.02. The third kappa shape index (κ3) is 1.58. The van der Waals surface area contributed by atoms with Gasteiger partial charge in [-0.25, -0.2) is 8.42 Å². The number of hydrogen-bond donors (Lipinski definition) is 1. The molecule has 4 nitrogen and oxygen atoms in total. The van der Waals surface area contributed by atoms with Gasteiger partial charge in [-0.3, -0.25) is 4.72 Å². The van der Waals surface area contributed by atoms with Crippen molar-refractivity contribution in [3.8, 4) is 5.75 Å². The summed E-state index contributed by atoms with van der Waals surface area (Å²) in [5.74, 6) is 0.703. The molecule has 0 saturated heterocycles. The van der Waals surface area contributed by atoms with Gasteiger partial charge in [-0.05, 0) is 24.3 Å². The summed E-state index contributed by atoms with van der Waals surface area (Å²) >= 11 is 0. The molecule has 5 heteroatoms. The van der Waals surface area contributed by atoms with E-state index in [-0.39, 0.29) is 0 Å². The Morgan fingerprint density at radius 3 is 2.86 bits per heavy atom. The maximum absolute atomic E-state index is 11.1. The van der Waals surface area contributed by atoms with Gasteiger partial charge in [0.2, 0.25) is 0 Å². The summed E-state index contributed by atoms with van der Waals surface area (Å²) in [6.45, 7) is 0. The molecular formula is C9H9NO3S. The topological polar surface area (TPSA) is 55.4 Å². The summed E-state index contributed by atoms with van der Waals surface area (Å²) < 4.78 is 29.7. The van der Waals surface area contributed by atoms with Crippen molar-refractivity contribution < 1.29 is 13.2 Å². The van der Waals surface area contributed by atoms with E-state index in [4.69, 9.17) is 4.74 Å². The molecule has 0 spiro atoms. The van der Waals surface area contributed by atoms with E-state index in [1.165, 1.54) is 0 Å². The Hall–Kier alpha value is -1.49. The van der Waals surface area contributed by atoms with Gasteiger partial charge in [-0.1, -0.05) is 0 Å². The quantitative estimate of drug-likeness (QED) is 0.764. The molecule has 0 aliphatic carbocycles. The van der Waals surface area contributed by atoms with Crippen molar-refractivity contribution in [1.29, 1.82) is 0 Å². The van der Waals surface area contributed by atoms with Crippen LogP contribution >= 0.6 is 0 Å². The minimum Gasteiger partial charge on any atom is -0.497 e. The van der Waals surface area contributed by atoms with Crippen LogP contribution in [0.5, 0.6) is 5.75 Å². The number of sulfonamides is 1. The first-order chi connectivity index (χ1) is 6.61. The van der Waals surface area contributed by atoms with Crippen molar-refractivity contribution in [3.05, 3.63) is 29.2 Å². The van der Waals surface area contributed by atoms with Gasteiger partial charge in [0, 0.05) is 5.56 Å². The summed E-state index contributed by atoms with van der Waals surface area (Å²) in [6.07, 6.45) is 1.55. The van der Waals surface area contributed by atoms with Crippen molar-refractivity contribution in [1.82, 2.24) is 0 Å². The summed E-state index contributed by atoms with van der Waals surface area (Å²) in [4.78, 5) is 0. The molecule has 1 aliphatic rings. The number of rotatable bonds is 1. The number of nitrogens with one attached hydrogen (secondary N) is 1. The molecule has 0 radical (unpaired) electrons. The van der Waals surface area contributed by atoms with Crippen molar-refractivity contribution in [2.45, 2.75) is 0 Å². The van der Waals surface area contributed by atoms with E-state index in [9.17, 15) is 8.42 Å². The summed E-state index contributed by atoms with van der Waals surface area (Å²) in [5, 5.41) is 1.13. The second-order valence-corrected chi connectivity index (χ2v) is 4.47. The molecule has 1 heterocycles. The fourth-order valence-electron chi connectivity index (χ4n) is 1.25. The summed E-state index contributed by atoms with van der Waals surface area (Å²) in [7, 11) is -1.72. The van der Waals surface area contributed by atoms with E-state index in [1.807, 2.05) is 0 Å². The van der Waals surface area contributed by atoms with Crippen molar-refractivity contribution in [2.24, 2.45) is 0 Å². The molecular weight excluding hydrogens is 202 g/mol. The molecule has 0 amide bonds. The van der Waals surface area contributed by atoms with Gasteiger partial charge >= 0.3 is 0 Å². The number of anilines is 1. The average molecular weight is 211 g/mol. The number of fused-ring (bicyclic) bond motifs is 1. The van der Waals surface area contributed by atoms with Crippen LogP contribution in [0.15, 0.2) is 23.6 Å². The highest BCUT2D eigenvalue weighted by Crippen LogP contribution is 2.27. The largest absolute Gasteiger partial charge is 0.497 e. The molecule has 0 fully saturated rings. The van der Waals surface area contributed by atoms with Crippen molar-refractivity contribution >= 4 is 21.8 Å². The minimum atomic E-state index is -3.29. The van der Waals surface area contributed by atoms with Crippen LogP contribution in [0, 0.1) is 0 Å². The first kappa shape index (κ1) is 9.08. The third-order valence-corrected chi connectivity index (χ3v) is 2.94. The van der Waals surface area contributed by atoms with E-state index in [2.05, 4.69) is 4.72 Å². The lowest BCUT2D eigenvalue weighted by Gasteiger charge is -2.13. The Balaban J connectivity index is 2.51. The number of methoxy groups -OCH3 is 1. The van der Waals surface area contributed by atoms with Crippen LogP contribution in [0.2, 0.25) is 0 Å². The molecule has 0 bridgehead atoms. The molecule has 2 rings (SSSR count). The van der Waals surface area contributed by atoms with Crippen LogP contribution in [-0.4, -0.2) is 15.5 Å². The van der Waals surface area contributed by atoms with Crippen LogP contribution in [-0.2, 0) is 10.0 Å². The van der Waals surface area contributed by atoms with Gasteiger partial charge in [-0.15, -0.1) is 0 Å². The molecule has 1 aromatic carbocycles. The molecule has 14 heavy (non-hydrogen) atoms. The smallest absolute Gasteiger partial charge is 0.255 e. The Bertz CT molecular complexity index is 491. The van der Waals surface area contributed by atoms with Crippen LogP contribution in [0.1, 0.15) is 5.56 Å². The molecule has 0 atom stereocenters. The highest BCUT2D eigenvalue weighted by atomic mass is 32.2. The maximum atomic E-state index is 11.1. The maximum Gasteiger partial charge on any atom is 0.255 e. The van der Waals surface area contributed by atoms with Crippen molar-refractivity contribution in [2.75, 3.05) is 11.8 Å². The van der Waals surface area contributed by atoms with Crippen LogP contribution in [0.25, 0.3) is 6.08 Å². The van der Waals surface area contributed by atoms with Crippen LogP contribution in [0.4, 0.5) is 5.69 Å². The van der Waals surface area contributed by atoms with Crippen LogP contribution < -0.4 is 9.46 Å². The SMILES string of the molecule is COc1ccc2c(c1)C=CS(=O)(=O)N2. The molecule has 0 saturated carbocycles. The van der Waals surface area contributed by atoms with E-state index < -0.39 is 10.0 Å². The summed E-state index contributed by atoms with van der Waals surface area (Å²) in [5.41, 5.74) is 1.38. The van der Waals surface area contributed by atoms with Crippen molar-refractivity contribution in [3.63, 3.8) is 0 Å². The van der Waals surface area contributed by atoms with Gasteiger partial charge in [-0.2, -0.15) is 0 Å². The molecule has 1 aromatic rings. The highest BCUT2D eigenvalue weighted by Gasteiger charge is 2.14. The Labute approximate surface area is 82.3 Å². The van der Waals surface area contributed by atoms with E-state index in [1.54, 1.807) is 31.4 Å². The minimum absolute atomic E-state index is 0.577. The number of hydrogen-bond acceptors (Lipinski definition) is 3. The average Bonchev–Trinajstić information content (AvgIpc) is 2.16. The first-order valence-corrected chi connectivity index (χ1v) is 5.54. The first-order valence-electron chi connectivity index (χ1n) is 4.00. The zero-order valence-electron chi connectivity index (χ0n) is 7.52. The predicted molar refractivity (Wildman–Crippen MR) is 54.6 cm³/mol. The van der Waals surface area contributed by atoms with E-state index >= 15 is 0 Å². The zero-order valence-corrected chi connectivity index (χ0v) is 8.34. The van der Waals surface area contributed by atoms with Gasteiger partial charge < -0.3 is 4.74 Å². The van der Waals surface area contributed by atoms with Crippen LogP contribution in [0.3, 0.4) is 0 Å². The highest BCUT2D eigenvalue weighted by molar-refractivity contribution is 7.95. The monoisotopic (exact) mass is 211 g/mol. The number of benzene rings is 1. The fraction of sp³-hybridized carbons (Fsp3) is 0.111. The molecule has 74 valence electrons. The Morgan fingerprint density at radius 2 is 2.14 bits per heavy atom.